The van der Waals surface area contributed by atoms with Gasteiger partial charge in [0.25, 0.3) is 0 Å². The van der Waals surface area contributed by atoms with Crippen molar-refractivity contribution in [2.75, 3.05) is 5.32 Å². The molecule has 0 aliphatic heterocycles. The molecule has 1 heterocycles. The second-order valence-corrected chi connectivity index (χ2v) is 10.7. The van der Waals surface area contributed by atoms with Gasteiger partial charge in [-0.05, 0) is 78.5 Å². The van der Waals surface area contributed by atoms with Crippen molar-refractivity contribution in [1.29, 1.82) is 0 Å². The van der Waals surface area contributed by atoms with Gasteiger partial charge in [0.15, 0.2) is 5.78 Å². The number of carbonyl (C=O) groups is 3. The lowest BCUT2D eigenvalue weighted by Crippen LogP contribution is -2.50. The standard InChI is InChI=1S/C25H33BrN4O4/c1-14(28-24(33)34-25(3,4)5)23(32)30-18-9-7-17(8-10-18)29-22-19-12-16(26)6-11-21(19)27-13-20(22)15(2)31/h6,11-14,17-18H,7-10H2,1-5H3,(H,27,29)(H,28,33)(H,30,32)/t14?,17-,18-. The molecule has 3 N–H and O–H groups in total. The average molecular weight is 533 g/mol. The zero-order valence-corrected chi connectivity index (χ0v) is 21.9. The summed E-state index contributed by atoms with van der Waals surface area (Å²) in [5, 5.41) is 10.1. The van der Waals surface area contributed by atoms with Gasteiger partial charge in [-0.15, -0.1) is 0 Å². The molecule has 0 spiro atoms. The van der Waals surface area contributed by atoms with Crippen LogP contribution in [-0.2, 0) is 9.53 Å². The number of aromatic nitrogens is 1. The van der Waals surface area contributed by atoms with Crippen LogP contribution in [-0.4, -0.2) is 46.5 Å². The summed E-state index contributed by atoms with van der Waals surface area (Å²) in [5.74, 6) is -0.268. The maximum absolute atomic E-state index is 12.5. The van der Waals surface area contributed by atoms with Crippen LogP contribution in [0.4, 0.5) is 10.5 Å². The molecule has 1 unspecified atom stereocenters. The van der Waals surface area contributed by atoms with Gasteiger partial charge in [-0.25, -0.2) is 4.79 Å². The van der Waals surface area contributed by atoms with E-state index in [9.17, 15) is 14.4 Å². The molecule has 1 aromatic carbocycles. The van der Waals surface area contributed by atoms with Crippen LogP contribution in [0, 0.1) is 0 Å². The lowest BCUT2D eigenvalue weighted by molar-refractivity contribution is -0.123. The number of carbonyl (C=O) groups excluding carboxylic acids is 3. The summed E-state index contributed by atoms with van der Waals surface area (Å²) in [6.07, 6.45) is 4.30. The highest BCUT2D eigenvalue weighted by Gasteiger charge is 2.27. The molecule has 1 fully saturated rings. The normalized spacial score (nSPS) is 19.2. The summed E-state index contributed by atoms with van der Waals surface area (Å²) in [7, 11) is 0. The van der Waals surface area contributed by atoms with Crippen molar-refractivity contribution in [3.05, 3.63) is 34.4 Å². The molecule has 9 heteroatoms. The largest absolute Gasteiger partial charge is 0.444 e. The lowest BCUT2D eigenvalue weighted by atomic mass is 9.90. The van der Waals surface area contributed by atoms with Crippen LogP contribution in [0.2, 0.25) is 0 Å². The molecule has 2 amide bonds. The molecular weight excluding hydrogens is 500 g/mol. The van der Waals surface area contributed by atoms with E-state index >= 15 is 0 Å². The van der Waals surface area contributed by atoms with E-state index in [1.54, 1.807) is 40.8 Å². The molecule has 8 nitrogen and oxygen atoms in total. The summed E-state index contributed by atoms with van der Waals surface area (Å²) >= 11 is 3.51. The van der Waals surface area contributed by atoms with Crippen molar-refractivity contribution in [2.24, 2.45) is 0 Å². The number of amides is 2. The number of Topliss-reactive ketones (excluding diaryl/α,β-unsaturated/α-hetero) is 1. The fourth-order valence-electron chi connectivity index (χ4n) is 4.05. The second kappa shape index (κ2) is 10.7. The van der Waals surface area contributed by atoms with E-state index in [-0.39, 0.29) is 23.8 Å². The number of halogens is 1. The first-order valence-electron chi connectivity index (χ1n) is 11.6. The highest BCUT2D eigenvalue weighted by Crippen LogP contribution is 2.32. The van der Waals surface area contributed by atoms with Crippen molar-refractivity contribution < 1.29 is 19.1 Å². The minimum Gasteiger partial charge on any atom is -0.444 e. The first-order valence-corrected chi connectivity index (χ1v) is 12.4. The fraction of sp³-hybridized carbons (Fsp3) is 0.520. The Bertz CT molecular complexity index is 1070. The van der Waals surface area contributed by atoms with Crippen LogP contribution in [0.1, 0.15) is 70.7 Å². The second-order valence-electron chi connectivity index (χ2n) is 9.83. The van der Waals surface area contributed by atoms with Gasteiger partial charge >= 0.3 is 6.09 Å². The van der Waals surface area contributed by atoms with Gasteiger partial charge in [0, 0.05) is 28.1 Å². The number of hydrogen-bond acceptors (Lipinski definition) is 6. The summed E-state index contributed by atoms with van der Waals surface area (Å²) < 4.78 is 6.14. The zero-order chi connectivity index (χ0) is 25.0. The Hall–Kier alpha value is -2.68. The van der Waals surface area contributed by atoms with Crippen molar-refractivity contribution in [3.63, 3.8) is 0 Å². The quantitative estimate of drug-likeness (QED) is 0.454. The van der Waals surface area contributed by atoms with Gasteiger partial charge in [-0.2, -0.15) is 0 Å². The molecule has 0 radical (unpaired) electrons. The number of rotatable bonds is 6. The van der Waals surface area contributed by atoms with Crippen molar-refractivity contribution >= 4 is 50.3 Å². The van der Waals surface area contributed by atoms with E-state index in [0.717, 1.165) is 46.7 Å². The summed E-state index contributed by atoms with van der Waals surface area (Å²) in [6.45, 7) is 8.51. The molecule has 1 atom stereocenters. The topological polar surface area (TPSA) is 109 Å². The number of hydrogen-bond donors (Lipinski definition) is 3. The van der Waals surface area contributed by atoms with Gasteiger partial charge in [0.05, 0.1) is 16.8 Å². The van der Waals surface area contributed by atoms with E-state index in [0.29, 0.717) is 5.56 Å². The number of ether oxygens (including phenoxy) is 1. The van der Waals surface area contributed by atoms with Gasteiger partial charge in [-0.3, -0.25) is 14.6 Å². The fourth-order valence-corrected chi connectivity index (χ4v) is 4.41. The summed E-state index contributed by atoms with van der Waals surface area (Å²) in [4.78, 5) is 41.1. The number of ketones is 1. The van der Waals surface area contributed by atoms with Crippen LogP contribution in [0.5, 0.6) is 0 Å². The summed E-state index contributed by atoms with van der Waals surface area (Å²) in [5.41, 5.74) is 1.58. The van der Waals surface area contributed by atoms with Crippen molar-refractivity contribution in [3.8, 4) is 0 Å². The molecule has 1 aliphatic carbocycles. The number of pyridine rings is 1. The number of nitrogens with one attached hydrogen (secondary N) is 3. The monoisotopic (exact) mass is 532 g/mol. The number of fused-ring (bicyclic) bond motifs is 1. The third kappa shape index (κ3) is 6.91. The van der Waals surface area contributed by atoms with E-state index in [1.165, 1.54) is 0 Å². The van der Waals surface area contributed by atoms with Crippen LogP contribution < -0.4 is 16.0 Å². The molecule has 2 aromatic rings. The van der Waals surface area contributed by atoms with E-state index < -0.39 is 17.7 Å². The first kappa shape index (κ1) is 25.9. The Balaban J connectivity index is 1.59. The molecular formula is C25H33BrN4O4. The van der Waals surface area contributed by atoms with Crippen molar-refractivity contribution in [1.82, 2.24) is 15.6 Å². The maximum Gasteiger partial charge on any atom is 0.408 e. The maximum atomic E-state index is 12.5. The van der Waals surface area contributed by atoms with Gasteiger partial charge in [0.2, 0.25) is 5.91 Å². The van der Waals surface area contributed by atoms with Crippen LogP contribution in [0.15, 0.2) is 28.9 Å². The molecule has 1 aromatic heterocycles. The van der Waals surface area contributed by atoms with E-state index in [1.807, 2.05) is 18.2 Å². The third-order valence-electron chi connectivity index (χ3n) is 5.76. The Kier molecular flexibility index (Phi) is 8.17. The number of alkyl carbamates (subject to hydrolysis) is 1. The predicted octanol–water partition coefficient (Wildman–Crippen LogP) is 4.95. The van der Waals surface area contributed by atoms with E-state index in [4.69, 9.17) is 4.74 Å². The third-order valence-corrected chi connectivity index (χ3v) is 6.25. The Labute approximate surface area is 208 Å². The van der Waals surface area contributed by atoms with Gasteiger partial charge in [0.1, 0.15) is 11.6 Å². The SMILES string of the molecule is CC(=O)c1cnc2ccc(Br)cc2c1N[C@H]1CC[C@H](NC(=O)C(C)NC(=O)OC(C)(C)C)CC1. The predicted molar refractivity (Wildman–Crippen MR) is 136 cm³/mol. The average Bonchev–Trinajstić information content (AvgIpc) is 2.73. The Morgan fingerprint density at radius 3 is 2.38 bits per heavy atom. The molecule has 184 valence electrons. The molecule has 0 bridgehead atoms. The first-order chi connectivity index (χ1) is 15.9. The smallest absolute Gasteiger partial charge is 0.408 e. The van der Waals surface area contributed by atoms with Gasteiger partial charge < -0.3 is 20.7 Å². The highest BCUT2D eigenvalue weighted by atomic mass is 79.9. The highest BCUT2D eigenvalue weighted by molar-refractivity contribution is 9.10. The van der Waals surface area contributed by atoms with Crippen LogP contribution in [0.3, 0.4) is 0 Å². The summed E-state index contributed by atoms with van der Waals surface area (Å²) in [6, 6.07) is 5.34. The number of benzene rings is 1. The number of nitrogens with zero attached hydrogens (tertiary/aromatic N) is 1. The lowest BCUT2D eigenvalue weighted by Gasteiger charge is -2.31. The van der Waals surface area contributed by atoms with E-state index in [2.05, 4.69) is 36.9 Å². The van der Waals surface area contributed by atoms with Crippen molar-refractivity contribution in [2.45, 2.75) is 84.0 Å². The molecule has 0 saturated heterocycles. The molecule has 1 aliphatic rings. The Morgan fingerprint density at radius 2 is 1.76 bits per heavy atom. The minimum atomic E-state index is -0.689. The van der Waals surface area contributed by atoms with Crippen LogP contribution >= 0.6 is 15.9 Å². The Morgan fingerprint density at radius 1 is 1.12 bits per heavy atom. The van der Waals surface area contributed by atoms with Crippen LogP contribution in [0.25, 0.3) is 10.9 Å². The number of anilines is 1. The molecule has 34 heavy (non-hydrogen) atoms. The minimum absolute atomic E-state index is 0.0315. The molecule has 1 saturated carbocycles. The molecule has 3 rings (SSSR count). The zero-order valence-electron chi connectivity index (χ0n) is 20.3. The van der Waals surface area contributed by atoms with Gasteiger partial charge in [-0.1, -0.05) is 15.9 Å².